The summed E-state index contributed by atoms with van der Waals surface area (Å²) in [5.41, 5.74) is 9.61. The van der Waals surface area contributed by atoms with E-state index in [-0.39, 0.29) is 0 Å². The van der Waals surface area contributed by atoms with E-state index in [1.165, 1.54) is 5.56 Å². The molecule has 0 radical (unpaired) electrons. The molecule has 184 valence electrons. The average molecular weight is 473 g/mol. The first-order chi connectivity index (χ1) is 17.0. The van der Waals surface area contributed by atoms with Gasteiger partial charge in [0.05, 0.1) is 18.4 Å². The lowest BCUT2D eigenvalue weighted by Crippen LogP contribution is -2.45. The lowest BCUT2D eigenvalue weighted by atomic mass is 10.0. The number of aliphatic hydroxyl groups is 1. The predicted molar refractivity (Wildman–Crippen MR) is 143 cm³/mol. The highest BCUT2D eigenvalue weighted by Gasteiger charge is 2.20. The summed E-state index contributed by atoms with van der Waals surface area (Å²) < 4.78 is 6.13. The van der Waals surface area contributed by atoms with Crippen molar-refractivity contribution in [1.29, 1.82) is 0 Å². The summed E-state index contributed by atoms with van der Waals surface area (Å²) >= 11 is 0. The minimum atomic E-state index is -0.592. The highest BCUT2D eigenvalue weighted by molar-refractivity contribution is 5.69. The number of nitrogen functional groups attached to an aromatic ring is 1. The van der Waals surface area contributed by atoms with E-state index in [0.717, 1.165) is 48.7 Å². The second-order valence-electron chi connectivity index (χ2n) is 9.49. The van der Waals surface area contributed by atoms with Gasteiger partial charge in [0.15, 0.2) is 0 Å². The van der Waals surface area contributed by atoms with Crippen LogP contribution < -0.4 is 10.5 Å². The van der Waals surface area contributed by atoms with E-state index in [0.29, 0.717) is 24.9 Å². The molecule has 0 amide bonds. The maximum Gasteiger partial charge on any atom is 0.129 e. The molecule has 1 fully saturated rings. The molecule has 1 saturated heterocycles. The van der Waals surface area contributed by atoms with Gasteiger partial charge in [-0.2, -0.15) is 0 Å². The number of anilines is 1. The van der Waals surface area contributed by atoms with Gasteiger partial charge in [-0.3, -0.25) is 4.90 Å². The minimum absolute atomic E-state index is 0.387. The van der Waals surface area contributed by atoms with Gasteiger partial charge in [0.25, 0.3) is 0 Å². The van der Waals surface area contributed by atoms with E-state index in [9.17, 15) is 5.11 Å². The number of β-amino-alcohol motifs (C(OH)–C–C–N with tert-alkyl or cyclic N) is 1. The zero-order valence-corrected chi connectivity index (χ0v) is 20.7. The lowest BCUT2D eigenvalue weighted by Gasteiger charge is -2.35. The van der Waals surface area contributed by atoms with Gasteiger partial charge in [-0.05, 0) is 53.6 Å². The first kappa shape index (κ1) is 24.8. The number of aliphatic hydroxyl groups excluding tert-OH is 1. The molecule has 0 saturated carbocycles. The first-order valence-electron chi connectivity index (χ1n) is 12.4. The number of aromatic nitrogens is 1. The topological polar surface area (TPSA) is 74.9 Å². The number of ether oxygens (including phenoxy) is 1. The van der Waals surface area contributed by atoms with Gasteiger partial charge in [-0.15, -0.1) is 0 Å². The molecular weight excluding hydrogens is 436 g/mol. The molecule has 1 atom stereocenters. The fourth-order valence-corrected chi connectivity index (χ4v) is 4.14. The fourth-order valence-electron chi connectivity index (χ4n) is 4.14. The Morgan fingerprint density at radius 3 is 2.49 bits per heavy atom. The fraction of sp³-hybridized carbons (Fsp3) is 0.345. The number of piperazine rings is 1. The second-order valence-corrected chi connectivity index (χ2v) is 9.49. The molecule has 2 aromatic carbocycles. The van der Waals surface area contributed by atoms with Gasteiger partial charge in [0.1, 0.15) is 11.6 Å². The monoisotopic (exact) mass is 472 g/mol. The lowest BCUT2D eigenvalue weighted by molar-refractivity contribution is 0.0855. The number of hydrogen-bond acceptors (Lipinski definition) is 6. The molecule has 1 unspecified atom stereocenters. The van der Waals surface area contributed by atoms with E-state index >= 15 is 0 Å². The molecular formula is C29H36N4O2. The molecule has 0 bridgehead atoms. The Balaban J connectivity index is 1.39. The normalized spacial score (nSPS) is 15.6. The number of hydrogen-bond donors (Lipinski definition) is 2. The molecule has 1 aliphatic rings. The Hall–Kier alpha value is -3.35. The van der Waals surface area contributed by atoms with Crippen molar-refractivity contribution in [1.82, 2.24) is 14.8 Å². The SMILES string of the molecule is CC(C)COc1cc(C(O)CN2CCN(C=Cc3ccccc3)CC2)ccc1-c1cccc(N)n1. The number of nitrogens with two attached hydrogens (primary N) is 1. The molecule has 0 spiro atoms. The quantitative estimate of drug-likeness (QED) is 0.471. The maximum absolute atomic E-state index is 11.0. The molecule has 4 rings (SSSR count). The van der Waals surface area contributed by atoms with Crippen molar-refractivity contribution in [3.63, 3.8) is 0 Å². The Morgan fingerprint density at radius 2 is 1.77 bits per heavy atom. The van der Waals surface area contributed by atoms with Crippen LogP contribution in [0.2, 0.25) is 0 Å². The van der Waals surface area contributed by atoms with Gasteiger partial charge in [-0.25, -0.2) is 4.98 Å². The van der Waals surface area contributed by atoms with Crippen LogP contribution in [0.25, 0.3) is 17.3 Å². The van der Waals surface area contributed by atoms with Crippen LogP contribution in [-0.2, 0) is 0 Å². The molecule has 3 aromatic rings. The van der Waals surface area contributed by atoms with E-state index < -0.39 is 6.10 Å². The van der Waals surface area contributed by atoms with Gasteiger partial charge < -0.3 is 20.5 Å². The maximum atomic E-state index is 11.0. The summed E-state index contributed by atoms with van der Waals surface area (Å²) in [7, 11) is 0. The number of benzene rings is 2. The van der Waals surface area contributed by atoms with Crippen molar-refractivity contribution in [2.75, 3.05) is 45.1 Å². The number of nitrogens with zero attached hydrogens (tertiary/aromatic N) is 3. The highest BCUT2D eigenvalue weighted by atomic mass is 16.5. The molecule has 1 aromatic heterocycles. The summed E-state index contributed by atoms with van der Waals surface area (Å²) in [5, 5.41) is 11.0. The van der Waals surface area contributed by atoms with Crippen LogP contribution in [0.5, 0.6) is 5.75 Å². The zero-order chi connectivity index (χ0) is 24.6. The van der Waals surface area contributed by atoms with E-state index in [4.69, 9.17) is 10.5 Å². The van der Waals surface area contributed by atoms with Crippen molar-refractivity contribution in [3.05, 3.63) is 84.1 Å². The summed E-state index contributed by atoms with van der Waals surface area (Å²) in [4.78, 5) is 9.11. The largest absolute Gasteiger partial charge is 0.493 e. The van der Waals surface area contributed by atoms with Crippen LogP contribution in [0.1, 0.15) is 31.1 Å². The van der Waals surface area contributed by atoms with Crippen molar-refractivity contribution < 1.29 is 9.84 Å². The summed E-state index contributed by atoms with van der Waals surface area (Å²) in [6.07, 6.45) is 3.73. The Bertz CT molecular complexity index is 1110. The first-order valence-corrected chi connectivity index (χ1v) is 12.4. The minimum Gasteiger partial charge on any atom is -0.493 e. The van der Waals surface area contributed by atoms with Gasteiger partial charge in [0, 0.05) is 38.3 Å². The van der Waals surface area contributed by atoms with Crippen molar-refractivity contribution >= 4 is 11.9 Å². The van der Waals surface area contributed by atoms with Crippen LogP contribution in [0.3, 0.4) is 0 Å². The van der Waals surface area contributed by atoms with Crippen molar-refractivity contribution in [3.8, 4) is 17.0 Å². The second kappa shape index (κ2) is 11.9. The average Bonchev–Trinajstić information content (AvgIpc) is 2.87. The highest BCUT2D eigenvalue weighted by Crippen LogP contribution is 2.33. The Morgan fingerprint density at radius 1 is 1.00 bits per heavy atom. The smallest absolute Gasteiger partial charge is 0.129 e. The van der Waals surface area contributed by atoms with E-state index in [1.54, 1.807) is 6.07 Å². The molecule has 6 heteroatoms. The molecule has 1 aliphatic heterocycles. The Labute approximate surface area is 208 Å². The van der Waals surface area contributed by atoms with E-state index in [1.807, 2.05) is 36.4 Å². The standard InChI is InChI=1S/C29H36N4O2/c1-22(2)21-35-28-19-24(11-12-25(28)26-9-6-10-29(30)31-26)27(34)20-33-17-15-32(16-18-33)14-13-23-7-4-3-5-8-23/h3-14,19,22,27,34H,15-18,20-21H2,1-2H3,(H2,30,31). The van der Waals surface area contributed by atoms with Gasteiger partial charge >= 0.3 is 0 Å². The third-order valence-electron chi connectivity index (χ3n) is 6.12. The van der Waals surface area contributed by atoms with Crippen LogP contribution in [0, 0.1) is 5.92 Å². The molecule has 6 nitrogen and oxygen atoms in total. The third-order valence-corrected chi connectivity index (χ3v) is 6.12. The summed E-state index contributed by atoms with van der Waals surface area (Å²) in [5.74, 6) is 1.58. The molecule has 35 heavy (non-hydrogen) atoms. The predicted octanol–water partition coefficient (Wildman–Crippen LogP) is 4.69. The Kier molecular flexibility index (Phi) is 8.40. The van der Waals surface area contributed by atoms with Gasteiger partial charge in [0.2, 0.25) is 0 Å². The molecule has 2 heterocycles. The van der Waals surface area contributed by atoms with Crippen LogP contribution in [-0.4, -0.2) is 59.2 Å². The third kappa shape index (κ3) is 7.07. The van der Waals surface area contributed by atoms with E-state index in [2.05, 4.69) is 65.2 Å². The zero-order valence-electron chi connectivity index (χ0n) is 20.7. The van der Waals surface area contributed by atoms with Gasteiger partial charge in [-0.1, -0.05) is 56.3 Å². The molecule has 0 aliphatic carbocycles. The van der Waals surface area contributed by atoms with Crippen molar-refractivity contribution in [2.24, 2.45) is 5.92 Å². The number of rotatable bonds is 9. The summed E-state index contributed by atoms with van der Waals surface area (Å²) in [6.45, 7) is 9.13. The van der Waals surface area contributed by atoms with Crippen LogP contribution in [0.4, 0.5) is 5.82 Å². The van der Waals surface area contributed by atoms with Crippen molar-refractivity contribution in [2.45, 2.75) is 20.0 Å². The molecule has 3 N–H and O–H groups in total. The van der Waals surface area contributed by atoms with Crippen LogP contribution >= 0.6 is 0 Å². The number of pyridine rings is 1. The van der Waals surface area contributed by atoms with Crippen LogP contribution in [0.15, 0.2) is 72.9 Å². The summed E-state index contributed by atoms with van der Waals surface area (Å²) in [6, 6.07) is 21.8.